The molecule has 5 nitrogen and oxygen atoms in total. The minimum atomic E-state index is -0.867. The van der Waals surface area contributed by atoms with E-state index < -0.39 is 23.7 Å². The Bertz CT molecular complexity index is 131. The van der Waals surface area contributed by atoms with Crippen molar-refractivity contribution in [2.24, 2.45) is 0 Å². The lowest BCUT2D eigenvalue weighted by Gasteiger charge is -1.97. The van der Waals surface area contributed by atoms with E-state index in [1.807, 2.05) is 0 Å². The molecule has 11 heavy (non-hydrogen) atoms. The van der Waals surface area contributed by atoms with Gasteiger partial charge in [0, 0.05) is 5.04 Å². The third kappa shape index (κ3) is 5.90. The highest BCUT2D eigenvalue weighted by Gasteiger charge is 2.05. The van der Waals surface area contributed by atoms with E-state index in [0.717, 1.165) is 0 Å². The Labute approximate surface area is 72.0 Å². The fraction of sp³-hybridized carbons (Fsp3) is 0.500. The Kier molecular flexibility index (Phi) is 5.91. The van der Waals surface area contributed by atoms with Crippen LogP contribution in [0.15, 0.2) is 0 Å². The molecule has 0 saturated heterocycles. The topological polar surface area (TPSA) is 61.8 Å². The summed E-state index contributed by atoms with van der Waals surface area (Å²) in [5.74, 6) is -2.51. The van der Waals surface area contributed by atoms with Crippen molar-refractivity contribution >= 4 is 35.1 Å². The van der Waals surface area contributed by atoms with Gasteiger partial charge in [-0.3, -0.25) is 9.78 Å². The maximum Gasteiger partial charge on any atom is 0.361 e. The number of hydrogen-bond donors (Lipinski definition) is 0. The summed E-state index contributed by atoms with van der Waals surface area (Å²) in [6, 6.07) is 0. The van der Waals surface area contributed by atoms with Gasteiger partial charge in [0.15, 0.2) is 0 Å². The molecule has 0 aromatic rings. The summed E-state index contributed by atoms with van der Waals surface area (Å²) in [7, 11) is 0. The average Bonchev–Trinajstić information content (AvgIpc) is 2.04. The van der Waals surface area contributed by atoms with Gasteiger partial charge in [-0.25, -0.2) is 9.59 Å². The van der Waals surface area contributed by atoms with Crippen molar-refractivity contribution in [1.29, 1.82) is 0 Å². The van der Waals surface area contributed by atoms with Crippen LogP contribution in [-0.2, 0) is 24.4 Å². The first-order valence-corrected chi connectivity index (χ1v) is 3.46. The molecule has 0 aliphatic rings. The van der Waals surface area contributed by atoms with Crippen LogP contribution in [0.1, 0.15) is 0 Å². The van der Waals surface area contributed by atoms with E-state index in [2.05, 4.69) is 14.8 Å². The van der Waals surface area contributed by atoms with Crippen molar-refractivity contribution in [2.75, 3.05) is 11.8 Å². The Balaban J connectivity index is 3.27. The van der Waals surface area contributed by atoms with Crippen LogP contribution < -0.4 is 0 Å². The molecule has 0 N–H and O–H groups in total. The van der Waals surface area contributed by atoms with Crippen molar-refractivity contribution < 1.29 is 24.4 Å². The highest BCUT2D eigenvalue weighted by atomic mass is 35.5. The molecule has 64 valence electrons. The van der Waals surface area contributed by atoms with Crippen molar-refractivity contribution in [3.8, 4) is 0 Å². The summed E-state index contributed by atoms with van der Waals surface area (Å²) in [6.45, 7) is 0. The highest BCUT2D eigenvalue weighted by molar-refractivity contribution is 6.26. The predicted octanol–water partition coefficient (Wildman–Crippen LogP) is 0.397. The maximum absolute atomic E-state index is 10.2. The lowest BCUT2D eigenvalue weighted by molar-refractivity contribution is -0.457. The number of alkyl halides is 2. The third-order valence-corrected chi connectivity index (χ3v) is 0.909. The molecule has 0 aromatic carbocycles. The molecule has 7 heteroatoms. The lowest BCUT2D eigenvalue weighted by atomic mass is 10.8. The number of rotatable bonds is 4. The van der Waals surface area contributed by atoms with Gasteiger partial charge in [0.1, 0.15) is 11.8 Å². The van der Waals surface area contributed by atoms with Crippen LogP contribution in [0.5, 0.6) is 0 Å². The summed E-state index contributed by atoms with van der Waals surface area (Å²) >= 11 is 9.96. The van der Waals surface area contributed by atoms with Gasteiger partial charge in [-0.1, -0.05) is 0 Å². The molecule has 0 atom stereocenters. The highest BCUT2D eigenvalue weighted by Crippen LogP contribution is 1.88. The molecule has 0 unspecified atom stereocenters. The van der Waals surface area contributed by atoms with Crippen LogP contribution in [-0.4, -0.2) is 23.7 Å². The van der Waals surface area contributed by atoms with E-state index in [0.29, 0.717) is 0 Å². The van der Waals surface area contributed by atoms with Crippen LogP contribution in [0.4, 0.5) is 0 Å². The van der Waals surface area contributed by atoms with E-state index in [4.69, 9.17) is 23.2 Å². The number of carbonyl (C=O) groups excluding carboxylic acids is 2. The Morgan fingerprint density at radius 2 is 1.36 bits per heavy atom. The number of carbonyl (C=O) groups is 2. The monoisotopic (exact) mass is 202 g/mol. The van der Waals surface area contributed by atoms with Gasteiger partial charge in [-0.2, -0.15) is 0 Å². The first-order valence-electron chi connectivity index (χ1n) is 2.39. The fourth-order valence-electron chi connectivity index (χ4n) is 0.137. The minimum Gasteiger partial charge on any atom is -0.258 e. The van der Waals surface area contributed by atoms with Crippen LogP contribution in [0.25, 0.3) is 0 Å². The molecule has 0 heterocycles. The summed E-state index contributed by atoms with van der Waals surface area (Å²) in [5, 5.41) is 3.67. The van der Waals surface area contributed by atoms with Crippen molar-refractivity contribution in [2.45, 2.75) is 0 Å². The second kappa shape index (κ2) is 6.21. The van der Waals surface area contributed by atoms with Crippen molar-refractivity contribution in [1.82, 2.24) is 0 Å². The smallest absolute Gasteiger partial charge is 0.258 e. The van der Waals surface area contributed by atoms with Gasteiger partial charge in [-0.05, 0) is 0 Å². The van der Waals surface area contributed by atoms with Gasteiger partial charge in [-0.15, -0.1) is 23.2 Å². The normalized spacial score (nSPS) is 8.91. The quantitative estimate of drug-likeness (QED) is 0.375. The minimum absolute atomic E-state index is 0.390. The molecule has 0 saturated carbocycles. The third-order valence-electron chi connectivity index (χ3n) is 0.472. The zero-order valence-corrected chi connectivity index (χ0v) is 6.72. The van der Waals surface area contributed by atoms with Crippen molar-refractivity contribution in [3.63, 3.8) is 0 Å². The molecule has 0 fully saturated rings. The van der Waals surface area contributed by atoms with Gasteiger partial charge in [0.25, 0.3) is 0 Å². The van der Waals surface area contributed by atoms with E-state index in [1.54, 1.807) is 0 Å². The largest absolute Gasteiger partial charge is 0.361 e. The first-order chi connectivity index (χ1) is 5.20. The number of hydrogen-bond acceptors (Lipinski definition) is 5. The molecule has 0 aliphatic carbocycles. The molecule has 0 aromatic heterocycles. The van der Waals surface area contributed by atoms with Crippen LogP contribution >= 0.6 is 23.2 Å². The van der Waals surface area contributed by atoms with Gasteiger partial charge >= 0.3 is 11.9 Å². The van der Waals surface area contributed by atoms with Gasteiger partial charge < -0.3 is 0 Å². The first kappa shape index (κ1) is 10.5. The van der Waals surface area contributed by atoms with E-state index in [9.17, 15) is 9.59 Å². The van der Waals surface area contributed by atoms with Crippen LogP contribution in [0.3, 0.4) is 0 Å². The second-order valence-electron chi connectivity index (χ2n) is 1.25. The molecule has 0 bridgehead atoms. The van der Waals surface area contributed by atoms with Crippen LogP contribution in [0, 0.1) is 0 Å². The summed E-state index contributed by atoms with van der Waals surface area (Å²) < 4.78 is 0. The van der Waals surface area contributed by atoms with E-state index in [-0.39, 0.29) is 0 Å². The zero-order chi connectivity index (χ0) is 8.69. The molecular formula is C4H4Cl2O5. The van der Waals surface area contributed by atoms with Crippen molar-refractivity contribution in [3.05, 3.63) is 0 Å². The molecular weight excluding hydrogens is 199 g/mol. The second-order valence-corrected chi connectivity index (χ2v) is 1.78. The van der Waals surface area contributed by atoms with E-state index >= 15 is 0 Å². The van der Waals surface area contributed by atoms with E-state index in [1.165, 1.54) is 0 Å². The van der Waals surface area contributed by atoms with Gasteiger partial charge in [0.2, 0.25) is 0 Å². The number of halogens is 2. The molecule has 0 radical (unpaired) electrons. The molecule has 0 aliphatic heterocycles. The Morgan fingerprint density at radius 3 is 1.64 bits per heavy atom. The predicted molar refractivity (Wildman–Crippen MR) is 34.7 cm³/mol. The lowest BCUT2D eigenvalue weighted by Crippen LogP contribution is -2.11. The van der Waals surface area contributed by atoms with Gasteiger partial charge in [0.05, 0.1) is 0 Å². The molecule has 0 amide bonds. The standard InChI is InChI=1S/C4H4Cl2O5/c5-1-3(7)9-11-10-4(8)2-6/h1-2H2. The molecule has 0 rings (SSSR count). The summed E-state index contributed by atoms with van der Waals surface area (Å²) in [6.07, 6.45) is 0. The fourth-order valence-corrected chi connectivity index (χ4v) is 0.227. The van der Waals surface area contributed by atoms with Crippen LogP contribution in [0.2, 0.25) is 0 Å². The molecule has 0 spiro atoms. The Hall–Kier alpha value is -0.520. The average molecular weight is 203 g/mol. The maximum atomic E-state index is 10.2. The summed E-state index contributed by atoms with van der Waals surface area (Å²) in [4.78, 5) is 27.9. The SMILES string of the molecule is O=C(CCl)OOOC(=O)CCl. The Morgan fingerprint density at radius 1 is 1.00 bits per heavy atom. The summed E-state index contributed by atoms with van der Waals surface area (Å²) in [5.41, 5.74) is 0. The zero-order valence-electron chi connectivity index (χ0n) is 5.21.